The van der Waals surface area contributed by atoms with Gasteiger partial charge < -0.3 is 15.0 Å². The first kappa shape index (κ1) is 30.7. The van der Waals surface area contributed by atoms with Gasteiger partial charge in [0.05, 0.1) is 17.7 Å². The van der Waals surface area contributed by atoms with Crippen molar-refractivity contribution in [3.8, 4) is 5.75 Å². The smallest absolute Gasteiger partial charge is 0.264 e. The van der Waals surface area contributed by atoms with Crippen LogP contribution in [0.1, 0.15) is 37.5 Å². The third-order valence-corrected chi connectivity index (χ3v) is 8.36. The van der Waals surface area contributed by atoms with Crippen LogP contribution in [0.15, 0.2) is 77.7 Å². The Bertz CT molecular complexity index is 1420. The highest BCUT2D eigenvalue weighted by Crippen LogP contribution is 2.28. The van der Waals surface area contributed by atoms with Gasteiger partial charge in [0.1, 0.15) is 18.3 Å². The molecule has 214 valence electrons. The van der Waals surface area contributed by atoms with E-state index in [2.05, 4.69) is 5.32 Å². The SMILES string of the molecule is COc1cccc(CN(C(=O)CN(c2cc(C)ccc2C)S(=O)(=O)c2ccccc2)C(C)C(=O)NCC(C)C)c1. The van der Waals surface area contributed by atoms with Crippen LogP contribution in [0.2, 0.25) is 0 Å². The Balaban J connectivity index is 2.05. The highest BCUT2D eigenvalue weighted by molar-refractivity contribution is 7.92. The van der Waals surface area contributed by atoms with Crippen LogP contribution >= 0.6 is 0 Å². The maximum Gasteiger partial charge on any atom is 0.264 e. The van der Waals surface area contributed by atoms with Crippen LogP contribution in [0.5, 0.6) is 5.75 Å². The standard InChI is InChI=1S/C31H39N3O5S/c1-22(2)19-32-31(36)25(5)33(20-26-11-10-12-27(18-26)39-6)30(35)21-34(29-17-23(3)15-16-24(29)4)40(37,38)28-13-8-7-9-14-28/h7-18,22,25H,19-21H2,1-6H3,(H,32,36). The molecule has 0 aliphatic rings. The summed E-state index contributed by atoms with van der Waals surface area (Å²) in [6, 6.07) is 19.9. The quantitative estimate of drug-likeness (QED) is 0.344. The Morgan fingerprint density at radius 2 is 1.62 bits per heavy atom. The summed E-state index contributed by atoms with van der Waals surface area (Å²) in [6.07, 6.45) is 0. The van der Waals surface area contributed by atoms with Gasteiger partial charge in [0.25, 0.3) is 10.0 Å². The van der Waals surface area contributed by atoms with Gasteiger partial charge in [-0.05, 0) is 73.7 Å². The first-order chi connectivity index (χ1) is 18.9. The van der Waals surface area contributed by atoms with Gasteiger partial charge in [-0.2, -0.15) is 0 Å². The van der Waals surface area contributed by atoms with Gasteiger partial charge in [-0.25, -0.2) is 8.42 Å². The van der Waals surface area contributed by atoms with Gasteiger partial charge in [-0.1, -0.05) is 56.3 Å². The van der Waals surface area contributed by atoms with Crippen molar-refractivity contribution in [3.63, 3.8) is 0 Å². The average molecular weight is 566 g/mol. The number of carbonyl (C=O) groups is 2. The molecule has 1 atom stereocenters. The van der Waals surface area contributed by atoms with Crippen LogP contribution in [0.3, 0.4) is 0 Å². The Morgan fingerprint density at radius 1 is 0.925 bits per heavy atom. The van der Waals surface area contributed by atoms with Crippen LogP contribution in [-0.4, -0.2) is 51.4 Å². The summed E-state index contributed by atoms with van der Waals surface area (Å²) in [5, 5.41) is 2.89. The number of nitrogens with zero attached hydrogens (tertiary/aromatic N) is 2. The molecule has 0 heterocycles. The molecule has 3 aromatic rings. The molecule has 9 heteroatoms. The van der Waals surface area contributed by atoms with Crippen molar-refractivity contribution >= 4 is 27.5 Å². The second kappa shape index (κ2) is 13.5. The lowest BCUT2D eigenvalue weighted by molar-refractivity contribution is -0.139. The number of methoxy groups -OCH3 is 1. The Kier molecular flexibility index (Phi) is 10.3. The molecular formula is C31H39N3O5S. The maximum absolute atomic E-state index is 14.1. The number of rotatable bonds is 12. The van der Waals surface area contributed by atoms with Crippen molar-refractivity contribution in [1.29, 1.82) is 0 Å². The molecule has 0 saturated heterocycles. The van der Waals surface area contributed by atoms with E-state index in [1.165, 1.54) is 17.0 Å². The minimum Gasteiger partial charge on any atom is -0.497 e. The summed E-state index contributed by atoms with van der Waals surface area (Å²) in [7, 11) is -2.55. The summed E-state index contributed by atoms with van der Waals surface area (Å²) in [4.78, 5) is 28.7. The molecule has 0 radical (unpaired) electrons. The number of amides is 2. The fraction of sp³-hybridized carbons (Fsp3) is 0.355. The third kappa shape index (κ3) is 7.63. The zero-order chi connectivity index (χ0) is 29.4. The minimum absolute atomic E-state index is 0.0748. The summed E-state index contributed by atoms with van der Waals surface area (Å²) in [5.74, 6) is 0.0320. The largest absolute Gasteiger partial charge is 0.497 e. The number of hydrogen-bond donors (Lipinski definition) is 1. The highest BCUT2D eigenvalue weighted by atomic mass is 32.2. The maximum atomic E-state index is 14.1. The molecule has 0 saturated carbocycles. The summed E-state index contributed by atoms with van der Waals surface area (Å²) in [5.41, 5.74) is 2.73. The predicted octanol–water partition coefficient (Wildman–Crippen LogP) is 4.70. The second-order valence-electron chi connectivity index (χ2n) is 10.3. The van der Waals surface area contributed by atoms with Crippen LogP contribution in [0, 0.1) is 19.8 Å². The molecular weight excluding hydrogens is 526 g/mol. The number of carbonyl (C=O) groups excluding carboxylic acids is 2. The van der Waals surface area contributed by atoms with Gasteiger partial charge in [-0.3, -0.25) is 13.9 Å². The van der Waals surface area contributed by atoms with E-state index < -0.39 is 28.5 Å². The summed E-state index contributed by atoms with van der Waals surface area (Å²) >= 11 is 0. The van der Waals surface area contributed by atoms with Crippen LogP contribution in [0.4, 0.5) is 5.69 Å². The van der Waals surface area contributed by atoms with E-state index in [1.54, 1.807) is 50.4 Å². The lowest BCUT2D eigenvalue weighted by Gasteiger charge is -2.32. The van der Waals surface area contributed by atoms with E-state index in [4.69, 9.17) is 4.74 Å². The molecule has 0 fully saturated rings. The molecule has 0 spiro atoms. The molecule has 1 unspecified atom stereocenters. The third-order valence-electron chi connectivity index (χ3n) is 6.58. The Labute approximate surface area is 238 Å². The molecule has 0 aromatic heterocycles. The average Bonchev–Trinajstić information content (AvgIpc) is 2.94. The number of nitrogens with one attached hydrogen (secondary N) is 1. The lowest BCUT2D eigenvalue weighted by Crippen LogP contribution is -2.51. The number of anilines is 1. The Hall–Kier alpha value is -3.85. The molecule has 3 rings (SSSR count). The molecule has 40 heavy (non-hydrogen) atoms. The van der Waals surface area contributed by atoms with Gasteiger partial charge in [0, 0.05) is 13.1 Å². The van der Waals surface area contributed by atoms with Crippen molar-refractivity contribution in [3.05, 3.63) is 89.5 Å². The van der Waals surface area contributed by atoms with Crippen LogP contribution < -0.4 is 14.4 Å². The van der Waals surface area contributed by atoms with E-state index >= 15 is 0 Å². The monoisotopic (exact) mass is 565 g/mol. The molecule has 3 aromatic carbocycles. The van der Waals surface area contributed by atoms with E-state index in [0.29, 0.717) is 23.5 Å². The van der Waals surface area contributed by atoms with Crippen LogP contribution in [0.25, 0.3) is 0 Å². The summed E-state index contributed by atoms with van der Waals surface area (Å²) in [6.45, 7) is 9.38. The molecule has 0 aliphatic carbocycles. The van der Waals surface area contributed by atoms with Crippen molar-refractivity contribution < 1.29 is 22.7 Å². The van der Waals surface area contributed by atoms with Crippen molar-refractivity contribution in [2.45, 2.75) is 52.1 Å². The topological polar surface area (TPSA) is 96.0 Å². The molecule has 0 aliphatic heterocycles. The number of sulfonamides is 1. The Morgan fingerprint density at radius 3 is 2.27 bits per heavy atom. The van der Waals surface area contributed by atoms with Crippen molar-refractivity contribution in [2.75, 3.05) is 24.5 Å². The molecule has 2 amide bonds. The highest BCUT2D eigenvalue weighted by Gasteiger charge is 2.33. The van der Waals surface area contributed by atoms with E-state index in [9.17, 15) is 18.0 Å². The first-order valence-corrected chi connectivity index (χ1v) is 14.7. The second-order valence-corrected chi connectivity index (χ2v) is 12.2. The molecule has 1 N–H and O–H groups in total. The fourth-order valence-corrected chi connectivity index (χ4v) is 5.72. The van der Waals surface area contributed by atoms with Crippen molar-refractivity contribution in [2.24, 2.45) is 5.92 Å². The zero-order valence-corrected chi connectivity index (χ0v) is 24.9. The van der Waals surface area contributed by atoms with Crippen molar-refractivity contribution in [1.82, 2.24) is 10.2 Å². The van der Waals surface area contributed by atoms with Gasteiger partial charge in [0.15, 0.2) is 0 Å². The number of hydrogen-bond acceptors (Lipinski definition) is 5. The number of ether oxygens (including phenoxy) is 1. The van der Waals surface area contributed by atoms with E-state index in [0.717, 1.165) is 15.4 Å². The zero-order valence-electron chi connectivity index (χ0n) is 24.0. The van der Waals surface area contributed by atoms with Gasteiger partial charge in [0.2, 0.25) is 11.8 Å². The number of aryl methyl sites for hydroxylation is 2. The number of benzene rings is 3. The van der Waals surface area contributed by atoms with Crippen LogP contribution in [-0.2, 0) is 26.2 Å². The van der Waals surface area contributed by atoms with E-state index in [-0.39, 0.29) is 23.3 Å². The molecule has 0 bridgehead atoms. The lowest BCUT2D eigenvalue weighted by atomic mass is 10.1. The minimum atomic E-state index is -4.11. The predicted molar refractivity (Wildman–Crippen MR) is 158 cm³/mol. The first-order valence-electron chi connectivity index (χ1n) is 13.3. The van der Waals surface area contributed by atoms with E-state index in [1.807, 2.05) is 52.0 Å². The van der Waals surface area contributed by atoms with Gasteiger partial charge in [-0.15, -0.1) is 0 Å². The normalized spacial score (nSPS) is 12.1. The molecule has 8 nitrogen and oxygen atoms in total. The van der Waals surface area contributed by atoms with Gasteiger partial charge >= 0.3 is 0 Å². The fourth-order valence-electron chi connectivity index (χ4n) is 4.22. The summed E-state index contributed by atoms with van der Waals surface area (Å²) < 4.78 is 34.4.